The van der Waals surface area contributed by atoms with Gasteiger partial charge in [0.25, 0.3) is 10.0 Å². The summed E-state index contributed by atoms with van der Waals surface area (Å²) >= 11 is 0. The molecule has 7 heteroatoms. The van der Waals surface area contributed by atoms with Gasteiger partial charge in [-0.2, -0.15) is 8.42 Å². The number of nitrogens with zero attached hydrogens (tertiary/aromatic N) is 1. The van der Waals surface area contributed by atoms with Gasteiger partial charge in [-0.05, 0) is 43.9 Å². The standard InChI is InChI=1S/C12H21NO3S2Si/c1-17(10-7-11-19(2,3)16)13-18(14,15)12-8-5-4-6-9-12/h4-6,8-9,16H,7,10-11H2,1-3H3. The Morgan fingerprint density at radius 2 is 1.84 bits per heavy atom. The molecule has 1 N–H and O–H groups in total. The van der Waals surface area contributed by atoms with E-state index in [1.807, 2.05) is 19.3 Å². The smallest absolute Gasteiger partial charge is 0.287 e. The van der Waals surface area contributed by atoms with Crippen LogP contribution in [0.1, 0.15) is 6.42 Å². The van der Waals surface area contributed by atoms with Gasteiger partial charge in [0.2, 0.25) is 0 Å². The van der Waals surface area contributed by atoms with Crippen molar-refractivity contribution < 1.29 is 13.2 Å². The zero-order valence-corrected chi connectivity index (χ0v) is 14.2. The van der Waals surface area contributed by atoms with E-state index in [9.17, 15) is 13.2 Å². The lowest BCUT2D eigenvalue weighted by molar-refractivity contribution is 0.546. The molecule has 1 aromatic rings. The van der Waals surface area contributed by atoms with Crippen molar-refractivity contribution in [2.24, 2.45) is 3.77 Å². The molecule has 19 heavy (non-hydrogen) atoms. The Labute approximate surface area is 119 Å². The maximum absolute atomic E-state index is 12.0. The fourth-order valence-electron chi connectivity index (χ4n) is 1.55. The Balaban J connectivity index is 2.69. The summed E-state index contributed by atoms with van der Waals surface area (Å²) in [5.41, 5.74) is 0. The topological polar surface area (TPSA) is 66.7 Å². The van der Waals surface area contributed by atoms with Crippen LogP contribution in [0.4, 0.5) is 0 Å². The van der Waals surface area contributed by atoms with Crippen LogP contribution in [0.2, 0.25) is 19.1 Å². The molecule has 0 saturated heterocycles. The van der Waals surface area contributed by atoms with Gasteiger partial charge >= 0.3 is 0 Å². The first kappa shape index (κ1) is 16.6. The Bertz CT molecular complexity index is 536. The first-order chi connectivity index (χ1) is 8.71. The molecule has 0 fully saturated rings. The van der Waals surface area contributed by atoms with E-state index < -0.39 is 29.0 Å². The molecule has 0 aliphatic rings. The molecule has 0 aliphatic carbocycles. The van der Waals surface area contributed by atoms with E-state index in [2.05, 4.69) is 3.77 Å². The zero-order chi connectivity index (χ0) is 14.5. The fourth-order valence-corrected chi connectivity index (χ4v) is 5.90. The molecule has 0 aliphatic heterocycles. The van der Waals surface area contributed by atoms with Gasteiger partial charge in [-0.25, -0.2) is 0 Å². The maximum Gasteiger partial charge on any atom is 0.287 e. The Morgan fingerprint density at radius 3 is 2.37 bits per heavy atom. The van der Waals surface area contributed by atoms with Crippen LogP contribution in [0.25, 0.3) is 0 Å². The van der Waals surface area contributed by atoms with Crippen LogP contribution in [0.3, 0.4) is 0 Å². The average Bonchev–Trinajstić information content (AvgIpc) is 2.27. The summed E-state index contributed by atoms with van der Waals surface area (Å²) in [7, 11) is -6.10. The number of hydrogen-bond acceptors (Lipinski definition) is 3. The van der Waals surface area contributed by atoms with E-state index in [4.69, 9.17) is 0 Å². The monoisotopic (exact) mass is 319 g/mol. The Hall–Kier alpha value is -0.503. The van der Waals surface area contributed by atoms with Crippen LogP contribution in [-0.2, 0) is 20.7 Å². The molecule has 0 aromatic heterocycles. The lowest BCUT2D eigenvalue weighted by Crippen LogP contribution is -2.24. The summed E-state index contributed by atoms with van der Waals surface area (Å²) in [6.07, 6.45) is 2.65. The molecule has 1 atom stereocenters. The molecule has 4 nitrogen and oxygen atoms in total. The lowest BCUT2D eigenvalue weighted by Gasteiger charge is -2.13. The second-order valence-corrected chi connectivity index (χ2v) is 12.8. The highest BCUT2D eigenvalue weighted by atomic mass is 32.3. The van der Waals surface area contributed by atoms with E-state index in [-0.39, 0.29) is 4.90 Å². The van der Waals surface area contributed by atoms with Crippen LogP contribution in [0.5, 0.6) is 0 Å². The molecule has 108 valence electrons. The highest BCUT2D eigenvalue weighted by Gasteiger charge is 2.16. The quantitative estimate of drug-likeness (QED) is 0.819. The molecule has 0 spiro atoms. The van der Waals surface area contributed by atoms with Crippen LogP contribution in [0.15, 0.2) is 39.0 Å². The molecule has 1 rings (SSSR count). The van der Waals surface area contributed by atoms with Crippen molar-refractivity contribution in [1.82, 2.24) is 0 Å². The van der Waals surface area contributed by atoms with Crippen molar-refractivity contribution in [2.75, 3.05) is 12.0 Å². The third-order valence-electron chi connectivity index (χ3n) is 2.49. The van der Waals surface area contributed by atoms with Crippen LogP contribution in [-0.4, -0.2) is 33.5 Å². The summed E-state index contributed by atoms with van der Waals surface area (Å²) in [5.74, 6) is 0.711. The van der Waals surface area contributed by atoms with Crippen molar-refractivity contribution in [2.45, 2.75) is 30.5 Å². The second-order valence-electron chi connectivity index (χ2n) is 5.08. The summed E-state index contributed by atoms with van der Waals surface area (Å²) in [4.78, 5) is 9.98. The molecule has 0 amide bonds. The minimum absolute atomic E-state index is 0.242. The third kappa shape index (κ3) is 6.46. The fraction of sp³-hybridized carbons (Fsp3) is 0.500. The van der Waals surface area contributed by atoms with Crippen molar-refractivity contribution in [3.8, 4) is 0 Å². The van der Waals surface area contributed by atoms with Gasteiger partial charge < -0.3 is 4.80 Å². The molecule has 0 bridgehead atoms. The lowest BCUT2D eigenvalue weighted by atomic mass is 10.4. The summed E-state index contributed by atoms with van der Waals surface area (Å²) in [5, 5.41) is 0. The molecule has 1 unspecified atom stereocenters. The van der Waals surface area contributed by atoms with Crippen LogP contribution >= 0.6 is 0 Å². The summed E-state index contributed by atoms with van der Waals surface area (Å²) < 4.78 is 27.9. The van der Waals surface area contributed by atoms with Crippen molar-refractivity contribution in [1.29, 1.82) is 0 Å². The SMILES string of the molecule is CS(CCC[Si](C)(C)O)=NS(=O)(=O)c1ccccc1. The first-order valence-corrected chi connectivity index (χ1v) is 12.4. The summed E-state index contributed by atoms with van der Waals surface area (Å²) in [6, 6.07) is 9.05. The Kier molecular flexibility index (Phi) is 5.91. The number of hydrogen-bond donors (Lipinski definition) is 1. The molecule has 1 aromatic carbocycles. The highest BCUT2D eigenvalue weighted by molar-refractivity contribution is 7.99. The average molecular weight is 320 g/mol. The summed E-state index contributed by atoms with van der Waals surface area (Å²) in [6.45, 7) is 3.78. The number of benzene rings is 1. The van der Waals surface area contributed by atoms with E-state index in [0.29, 0.717) is 5.75 Å². The first-order valence-electron chi connectivity index (χ1n) is 6.09. The minimum atomic E-state index is -3.54. The normalized spacial score (nSPS) is 14.5. The molecule has 0 heterocycles. The molecule has 0 radical (unpaired) electrons. The highest BCUT2D eigenvalue weighted by Crippen LogP contribution is 2.13. The Morgan fingerprint density at radius 1 is 1.26 bits per heavy atom. The zero-order valence-electron chi connectivity index (χ0n) is 11.5. The van der Waals surface area contributed by atoms with Gasteiger partial charge in [0.1, 0.15) is 0 Å². The number of rotatable bonds is 6. The van der Waals surface area contributed by atoms with Gasteiger partial charge in [0.05, 0.1) is 4.90 Å². The van der Waals surface area contributed by atoms with E-state index >= 15 is 0 Å². The van der Waals surface area contributed by atoms with Crippen molar-refractivity contribution >= 4 is 29.0 Å². The predicted octanol–water partition coefficient (Wildman–Crippen LogP) is 2.39. The van der Waals surface area contributed by atoms with Gasteiger partial charge in [-0.3, -0.25) is 0 Å². The largest absolute Gasteiger partial charge is 0.432 e. The van der Waals surface area contributed by atoms with Gasteiger partial charge in [-0.15, -0.1) is 3.77 Å². The minimum Gasteiger partial charge on any atom is -0.432 e. The van der Waals surface area contributed by atoms with E-state index in [1.54, 1.807) is 30.3 Å². The van der Waals surface area contributed by atoms with E-state index in [0.717, 1.165) is 12.5 Å². The van der Waals surface area contributed by atoms with Crippen molar-refractivity contribution in [3.05, 3.63) is 30.3 Å². The second kappa shape index (κ2) is 6.78. The molecular formula is C12H21NO3S2Si. The molecule has 0 saturated carbocycles. The van der Waals surface area contributed by atoms with Gasteiger partial charge in [-0.1, -0.05) is 28.9 Å². The third-order valence-corrected chi connectivity index (χ3v) is 7.62. The van der Waals surface area contributed by atoms with Crippen LogP contribution < -0.4 is 0 Å². The predicted molar refractivity (Wildman–Crippen MR) is 83.3 cm³/mol. The number of sulfonamides is 1. The molecular weight excluding hydrogens is 298 g/mol. The van der Waals surface area contributed by atoms with Crippen molar-refractivity contribution in [3.63, 3.8) is 0 Å². The van der Waals surface area contributed by atoms with Gasteiger partial charge in [0.15, 0.2) is 8.32 Å². The van der Waals surface area contributed by atoms with E-state index in [1.165, 1.54) is 0 Å². The van der Waals surface area contributed by atoms with Crippen LogP contribution in [0, 0.1) is 0 Å². The maximum atomic E-state index is 12.0. The van der Waals surface area contributed by atoms with Gasteiger partial charge in [0, 0.05) is 5.75 Å².